The van der Waals surface area contributed by atoms with E-state index >= 15 is 0 Å². The maximum atomic E-state index is 12.8. The van der Waals surface area contributed by atoms with Crippen molar-refractivity contribution in [3.05, 3.63) is 22.6 Å². The van der Waals surface area contributed by atoms with Crippen molar-refractivity contribution in [2.24, 2.45) is 0 Å². The Morgan fingerprint density at radius 3 is 2.55 bits per heavy atom. The van der Waals surface area contributed by atoms with Crippen LogP contribution >= 0.6 is 0 Å². The largest absolute Gasteiger partial charge is 0.466 e. The molecule has 1 aromatic rings. The highest BCUT2D eigenvalue weighted by molar-refractivity contribution is 5.97. The number of nitrogens with zero attached hydrogens (tertiary/aromatic N) is 2. The summed E-state index contributed by atoms with van der Waals surface area (Å²) in [6, 6.07) is 0.565. The van der Waals surface area contributed by atoms with Crippen LogP contribution in [0.15, 0.2) is 4.42 Å². The van der Waals surface area contributed by atoms with E-state index in [-0.39, 0.29) is 5.91 Å². The van der Waals surface area contributed by atoms with E-state index in [9.17, 15) is 4.79 Å². The first-order chi connectivity index (χ1) is 9.58. The number of carbonyl (C=O) groups excluding carboxylic acids is 1. The Balaban J connectivity index is 1.82. The van der Waals surface area contributed by atoms with Crippen molar-refractivity contribution in [1.82, 2.24) is 9.80 Å². The Hall–Kier alpha value is -1.29. The first-order valence-electron chi connectivity index (χ1n) is 7.68. The quantitative estimate of drug-likeness (QED) is 0.791. The first-order valence-corrected chi connectivity index (χ1v) is 7.68. The van der Waals surface area contributed by atoms with Crippen molar-refractivity contribution in [2.45, 2.75) is 46.1 Å². The van der Waals surface area contributed by atoms with E-state index < -0.39 is 0 Å². The lowest BCUT2D eigenvalue weighted by Gasteiger charge is -2.25. The zero-order valence-electron chi connectivity index (χ0n) is 12.7. The predicted molar refractivity (Wildman–Crippen MR) is 78.0 cm³/mol. The van der Waals surface area contributed by atoms with E-state index in [0.717, 1.165) is 48.7 Å². The topological polar surface area (TPSA) is 36.7 Å². The lowest BCUT2D eigenvalue weighted by Crippen LogP contribution is -2.39. The van der Waals surface area contributed by atoms with Gasteiger partial charge in [-0.05, 0) is 46.6 Å². The molecule has 0 radical (unpaired) electrons. The summed E-state index contributed by atoms with van der Waals surface area (Å²) in [5.41, 5.74) is 1.79. The van der Waals surface area contributed by atoms with Crippen LogP contribution < -0.4 is 0 Å². The highest BCUT2D eigenvalue weighted by atomic mass is 16.3. The zero-order valence-corrected chi connectivity index (χ0v) is 12.7. The average molecular weight is 276 g/mol. The maximum Gasteiger partial charge on any atom is 0.257 e. The summed E-state index contributed by atoms with van der Waals surface area (Å²) in [4.78, 5) is 17.4. The second kappa shape index (κ2) is 5.24. The molecule has 2 fully saturated rings. The lowest BCUT2D eigenvalue weighted by atomic mass is 10.1. The highest BCUT2D eigenvalue weighted by Gasteiger charge is 2.32. The smallest absolute Gasteiger partial charge is 0.257 e. The minimum absolute atomic E-state index is 0.158. The molecule has 0 saturated carbocycles. The monoisotopic (exact) mass is 276 g/mol. The molecule has 0 aliphatic carbocycles. The van der Waals surface area contributed by atoms with Crippen LogP contribution in [0.4, 0.5) is 0 Å². The number of carbonyl (C=O) groups is 1. The van der Waals surface area contributed by atoms with Crippen LogP contribution in [0.1, 0.15) is 46.7 Å². The van der Waals surface area contributed by atoms with Gasteiger partial charge in [-0.2, -0.15) is 0 Å². The molecular formula is C16H24N2O2. The third-order valence-corrected chi connectivity index (χ3v) is 4.87. The molecule has 3 heterocycles. The summed E-state index contributed by atoms with van der Waals surface area (Å²) < 4.78 is 5.62. The van der Waals surface area contributed by atoms with Crippen LogP contribution in [0.25, 0.3) is 0 Å². The summed E-state index contributed by atoms with van der Waals surface area (Å²) in [7, 11) is 0. The minimum Gasteiger partial charge on any atom is -0.466 e. The number of rotatable bonds is 1. The molecule has 2 aliphatic heterocycles. The number of hydrogen-bond donors (Lipinski definition) is 0. The normalized spacial score (nSPS) is 23.8. The van der Waals surface area contributed by atoms with Crippen LogP contribution in [0.5, 0.6) is 0 Å². The zero-order chi connectivity index (χ0) is 14.3. The predicted octanol–water partition coefficient (Wildman–Crippen LogP) is 2.52. The van der Waals surface area contributed by atoms with Crippen molar-refractivity contribution in [1.29, 1.82) is 0 Å². The Morgan fingerprint density at radius 1 is 1.10 bits per heavy atom. The molecule has 110 valence electrons. The summed E-state index contributed by atoms with van der Waals surface area (Å²) in [5.74, 6) is 1.78. The molecule has 1 atom stereocenters. The molecule has 1 unspecified atom stereocenters. The number of hydrogen-bond acceptors (Lipinski definition) is 3. The third-order valence-electron chi connectivity index (χ3n) is 4.87. The van der Waals surface area contributed by atoms with Gasteiger partial charge in [0.1, 0.15) is 11.5 Å². The van der Waals surface area contributed by atoms with Gasteiger partial charge in [0.2, 0.25) is 0 Å². The van der Waals surface area contributed by atoms with Crippen molar-refractivity contribution >= 4 is 5.91 Å². The molecule has 2 saturated heterocycles. The van der Waals surface area contributed by atoms with Crippen molar-refractivity contribution in [3.8, 4) is 0 Å². The van der Waals surface area contributed by atoms with Crippen LogP contribution in [0.3, 0.4) is 0 Å². The summed E-state index contributed by atoms with van der Waals surface area (Å²) >= 11 is 0. The molecule has 20 heavy (non-hydrogen) atoms. The molecule has 1 aromatic heterocycles. The molecule has 4 nitrogen and oxygen atoms in total. The van der Waals surface area contributed by atoms with Crippen molar-refractivity contribution in [2.75, 3.05) is 26.2 Å². The molecule has 2 aliphatic rings. The first kappa shape index (κ1) is 13.7. The van der Waals surface area contributed by atoms with Crippen LogP contribution in [0, 0.1) is 20.8 Å². The van der Waals surface area contributed by atoms with Crippen LogP contribution in [-0.4, -0.2) is 47.9 Å². The van der Waals surface area contributed by atoms with Gasteiger partial charge in [0.25, 0.3) is 5.91 Å². The molecule has 0 spiro atoms. The van der Waals surface area contributed by atoms with E-state index in [1.807, 2.05) is 25.7 Å². The SMILES string of the molecule is Cc1oc(C)c(C(=O)N2CCCN3CCCC3C2)c1C. The standard InChI is InChI=1S/C16H24N2O2/c1-11-12(2)20-13(3)15(11)16(19)18-9-5-8-17-7-4-6-14(17)10-18/h14H,4-10H2,1-3H3. The second-order valence-corrected chi connectivity index (χ2v) is 6.15. The number of amides is 1. The van der Waals surface area contributed by atoms with Gasteiger partial charge in [-0.3, -0.25) is 9.69 Å². The highest BCUT2D eigenvalue weighted by Crippen LogP contribution is 2.26. The van der Waals surface area contributed by atoms with E-state index in [4.69, 9.17) is 4.42 Å². The Morgan fingerprint density at radius 2 is 1.85 bits per heavy atom. The van der Waals surface area contributed by atoms with Gasteiger partial charge in [-0.15, -0.1) is 0 Å². The fraction of sp³-hybridized carbons (Fsp3) is 0.688. The second-order valence-electron chi connectivity index (χ2n) is 6.15. The van der Waals surface area contributed by atoms with E-state index in [2.05, 4.69) is 4.90 Å². The summed E-state index contributed by atoms with van der Waals surface area (Å²) in [6.45, 7) is 9.90. The van der Waals surface area contributed by atoms with E-state index in [0.29, 0.717) is 6.04 Å². The van der Waals surface area contributed by atoms with Crippen molar-refractivity contribution < 1.29 is 9.21 Å². The minimum atomic E-state index is 0.158. The number of furan rings is 1. The molecule has 0 bridgehead atoms. The fourth-order valence-corrected chi connectivity index (χ4v) is 3.66. The number of fused-ring (bicyclic) bond motifs is 1. The van der Waals surface area contributed by atoms with Gasteiger partial charge < -0.3 is 9.32 Å². The molecule has 3 rings (SSSR count). The van der Waals surface area contributed by atoms with Gasteiger partial charge in [-0.1, -0.05) is 0 Å². The van der Waals surface area contributed by atoms with Crippen LogP contribution in [0.2, 0.25) is 0 Å². The summed E-state index contributed by atoms with van der Waals surface area (Å²) in [5, 5.41) is 0. The lowest BCUT2D eigenvalue weighted by molar-refractivity contribution is 0.0741. The molecular weight excluding hydrogens is 252 g/mol. The summed E-state index contributed by atoms with van der Waals surface area (Å²) in [6.07, 6.45) is 3.58. The van der Waals surface area contributed by atoms with Gasteiger partial charge in [0.15, 0.2) is 0 Å². The van der Waals surface area contributed by atoms with Gasteiger partial charge >= 0.3 is 0 Å². The van der Waals surface area contributed by atoms with Gasteiger partial charge in [-0.25, -0.2) is 0 Å². The fourth-order valence-electron chi connectivity index (χ4n) is 3.66. The van der Waals surface area contributed by atoms with Gasteiger partial charge in [0, 0.05) is 31.2 Å². The Kier molecular flexibility index (Phi) is 3.59. The van der Waals surface area contributed by atoms with Gasteiger partial charge in [0.05, 0.1) is 5.56 Å². The Bertz CT molecular complexity index is 521. The van der Waals surface area contributed by atoms with E-state index in [1.54, 1.807) is 0 Å². The third kappa shape index (κ3) is 2.26. The van der Waals surface area contributed by atoms with Crippen LogP contribution in [-0.2, 0) is 0 Å². The Labute approximate surface area is 120 Å². The molecule has 0 N–H and O–H groups in total. The molecule has 0 aromatic carbocycles. The van der Waals surface area contributed by atoms with E-state index in [1.165, 1.54) is 19.4 Å². The molecule has 4 heteroatoms. The maximum absolute atomic E-state index is 12.8. The van der Waals surface area contributed by atoms with Crippen molar-refractivity contribution in [3.63, 3.8) is 0 Å². The molecule has 1 amide bonds. The number of aryl methyl sites for hydroxylation is 2. The average Bonchev–Trinajstić information content (AvgIpc) is 2.87.